The molecule has 144 valence electrons. The predicted molar refractivity (Wildman–Crippen MR) is 120 cm³/mol. The second kappa shape index (κ2) is 9.61. The highest BCUT2D eigenvalue weighted by molar-refractivity contribution is 5.50. The van der Waals surface area contributed by atoms with E-state index in [-0.39, 0.29) is 0 Å². The lowest BCUT2D eigenvalue weighted by atomic mass is 10.1. The monoisotopic (exact) mass is 379 g/mol. The molecule has 4 rings (SSSR count). The molecule has 0 aliphatic heterocycles. The zero-order valence-electron chi connectivity index (χ0n) is 16.4. The zero-order valence-corrected chi connectivity index (χ0v) is 16.4. The van der Waals surface area contributed by atoms with Crippen molar-refractivity contribution in [3.63, 3.8) is 0 Å². The van der Waals surface area contributed by atoms with E-state index in [4.69, 9.17) is 4.74 Å². The second-order valence-electron chi connectivity index (χ2n) is 7.10. The Morgan fingerprint density at radius 3 is 1.41 bits per heavy atom. The summed E-state index contributed by atoms with van der Waals surface area (Å²) in [6, 6.07) is 39.8. The Morgan fingerprint density at radius 1 is 0.483 bits per heavy atom. The quantitative estimate of drug-likeness (QED) is 0.348. The van der Waals surface area contributed by atoms with Gasteiger partial charge in [0.2, 0.25) is 0 Å². The van der Waals surface area contributed by atoms with Gasteiger partial charge in [-0.1, -0.05) is 91.0 Å². The van der Waals surface area contributed by atoms with E-state index in [1.807, 2.05) is 18.2 Å². The lowest BCUT2D eigenvalue weighted by Crippen LogP contribution is -2.22. The summed E-state index contributed by atoms with van der Waals surface area (Å²) in [7, 11) is 0. The highest BCUT2D eigenvalue weighted by Gasteiger charge is 2.09. The first-order valence-electron chi connectivity index (χ1n) is 9.96. The van der Waals surface area contributed by atoms with Crippen molar-refractivity contribution < 1.29 is 4.74 Å². The Labute approximate surface area is 173 Å². The smallest absolute Gasteiger partial charge is 0.119 e. The lowest BCUT2D eigenvalue weighted by Gasteiger charge is -2.25. The molecule has 0 radical (unpaired) electrons. The minimum Gasteiger partial charge on any atom is -0.489 e. The topological polar surface area (TPSA) is 12.5 Å². The molecule has 0 fully saturated rings. The summed E-state index contributed by atoms with van der Waals surface area (Å²) in [6.07, 6.45) is 0. The molecule has 0 aliphatic rings. The normalized spacial score (nSPS) is 10.5. The Bertz CT molecular complexity index is 941. The molecule has 0 unspecified atom stereocenters. The van der Waals surface area contributed by atoms with Gasteiger partial charge in [0.05, 0.1) is 0 Å². The van der Waals surface area contributed by atoms with Crippen molar-refractivity contribution in [2.24, 2.45) is 0 Å². The van der Waals surface area contributed by atoms with E-state index in [2.05, 4.69) is 102 Å². The number of hydrogen-bond acceptors (Lipinski definition) is 2. The van der Waals surface area contributed by atoms with Crippen LogP contribution in [-0.2, 0) is 19.7 Å². The molecule has 4 aromatic carbocycles. The van der Waals surface area contributed by atoms with Gasteiger partial charge < -0.3 is 9.64 Å². The molecule has 0 amide bonds. The van der Waals surface area contributed by atoms with E-state index in [1.54, 1.807) is 0 Å². The van der Waals surface area contributed by atoms with Crippen LogP contribution in [0.25, 0.3) is 0 Å². The standard InChI is InChI=1S/C27H25NO/c1-4-10-23(11-5-1)20-28(21-24-12-6-2-7-13-24)26-16-18-27(19-17-26)29-22-25-14-8-3-9-15-25/h1-19H,20-22H2. The van der Waals surface area contributed by atoms with E-state index in [0.717, 1.165) is 18.8 Å². The molecule has 29 heavy (non-hydrogen) atoms. The van der Waals surface area contributed by atoms with E-state index in [1.165, 1.54) is 22.4 Å². The highest BCUT2D eigenvalue weighted by Crippen LogP contribution is 2.24. The maximum absolute atomic E-state index is 5.94. The van der Waals surface area contributed by atoms with Crippen LogP contribution in [0.4, 0.5) is 5.69 Å². The van der Waals surface area contributed by atoms with Crippen molar-refractivity contribution >= 4 is 5.69 Å². The third-order valence-electron chi connectivity index (χ3n) is 4.88. The molecule has 0 heterocycles. The van der Waals surface area contributed by atoms with Crippen LogP contribution in [0, 0.1) is 0 Å². The summed E-state index contributed by atoms with van der Waals surface area (Å²) in [4.78, 5) is 2.39. The Kier molecular flexibility index (Phi) is 6.24. The van der Waals surface area contributed by atoms with Crippen molar-refractivity contribution in [2.45, 2.75) is 19.7 Å². The molecule has 0 atom stereocenters. The molecule has 0 saturated carbocycles. The van der Waals surface area contributed by atoms with Crippen LogP contribution in [-0.4, -0.2) is 0 Å². The third kappa shape index (κ3) is 5.49. The van der Waals surface area contributed by atoms with Gasteiger partial charge in [-0.05, 0) is 41.0 Å². The molecule has 0 spiro atoms. The maximum atomic E-state index is 5.94. The van der Waals surface area contributed by atoms with Gasteiger partial charge in [-0.15, -0.1) is 0 Å². The van der Waals surface area contributed by atoms with Crippen LogP contribution < -0.4 is 9.64 Å². The Balaban J connectivity index is 1.48. The molecule has 0 aliphatic carbocycles. The second-order valence-corrected chi connectivity index (χ2v) is 7.10. The molecule has 2 nitrogen and oxygen atoms in total. The molecule has 0 N–H and O–H groups in total. The summed E-state index contributed by atoms with van der Waals surface area (Å²) in [5, 5.41) is 0. The summed E-state index contributed by atoms with van der Waals surface area (Å²) in [5.41, 5.74) is 4.96. The van der Waals surface area contributed by atoms with Crippen LogP contribution in [0.1, 0.15) is 16.7 Å². The van der Waals surface area contributed by atoms with Crippen LogP contribution in [0.3, 0.4) is 0 Å². The van der Waals surface area contributed by atoms with Gasteiger partial charge in [-0.3, -0.25) is 0 Å². The molecule has 0 bridgehead atoms. The SMILES string of the molecule is c1ccc(COc2ccc(N(Cc3ccccc3)Cc3ccccc3)cc2)cc1. The fraction of sp³-hybridized carbons (Fsp3) is 0.111. The van der Waals surface area contributed by atoms with Crippen molar-refractivity contribution in [3.05, 3.63) is 132 Å². The highest BCUT2D eigenvalue weighted by atomic mass is 16.5. The van der Waals surface area contributed by atoms with Crippen molar-refractivity contribution in [1.29, 1.82) is 0 Å². The van der Waals surface area contributed by atoms with Crippen molar-refractivity contribution in [3.8, 4) is 5.75 Å². The molecule has 0 saturated heterocycles. The maximum Gasteiger partial charge on any atom is 0.119 e. The minimum atomic E-state index is 0.581. The van der Waals surface area contributed by atoms with Crippen LogP contribution in [0.15, 0.2) is 115 Å². The average molecular weight is 380 g/mol. The van der Waals surface area contributed by atoms with Gasteiger partial charge in [0.15, 0.2) is 0 Å². The largest absolute Gasteiger partial charge is 0.489 e. The van der Waals surface area contributed by atoms with Gasteiger partial charge in [0, 0.05) is 18.8 Å². The number of benzene rings is 4. The van der Waals surface area contributed by atoms with E-state index >= 15 is 0 Å². The first-order chi connectivity index (χ1) is 14.4. The number of ether oxygens (including phenoxy) is 1. The van der Waals surface area contributed by atoms with Gasteiger partial charge in [-0.2, -0.15) is 0 Å². The fourth-order valence-electron chi connectivity index (χ4n) is 3.34. The lowest BCUT2D eigenvalue weighted by molar-refractivity contribution is 0.306. The van der Waals surface area contributed by atoms with Gasteiger partial charge in [0.1, 0.15) is 12.4 Å². The first-order valence-corrected chi connectivity index (χ1v) is 9.96. The molecule has 4 aromatic rings. The van der Waals surface area contributed by atoms with Crippen molar-refractivity contribution in [2.75, 3.05) is 4.90 Å². The summed E-state index contributed by atoms with van der Waals surface area (Å²) in [6.45, 7) is 2.30. The first kappa shape index (κ1) is 18.8. The molecule has 2 heteroatoms. The summed E-state index contributed by atoms with van der Waals surface area (Å²) in [5.74, 6) is 0.886. The van der Waals surface area contributed by atoms with Crippen LogP contribution in [0.5, 0.6) is 5.75 Å². The predicted octanol–water partition coefficient (Wildman–Crippen LogP) is 6.47. The third-order valence-corrected chi connectivity index (χ3v) is 4.88. The number of hydrogen-bond donors (Lipinski definition) is 0. The fourth-order valence-corrected chi connectivity index (χ4v) is 3.34. The number of anilines is 1. The van der Waals surface area contributed by atoms with E-state index < -0.39 is 0 Å². The zero-order chi connectivity index (χ0) is 19.7. The Morgan fingerprint density at radius 2 is 0.931 bits per heavy atom. The summed E-state index contributed by atoms with van der Waals surface area (Å²) >= 11 is 0. The van der Waals surface area contributed by atoms with Crippen molar-refractivity contribution in [1.82, 2.24) is 0 Å². The van der Waals surface area contributed by atoms with Gasteiger partial charge in [0.25, 0.3) is 0 Å². The van der Waals surface area contributed by atoms with E-state index in [0.29, 0.717) is 6.61 Å². The minimum absolute atomic E-state index is 0.581. The molecular weight excluding hydrogens is 354 g/mol. The molecule has 0 aromatic heterocycles. The number of nitrogens with zero attached hydrogens (tertiary/aromatic N) is 1. The van der Waals surface area contributed by atoms with Crippen LogP contribution in [0.2, 0.25) is 0 Å². The van der Waals surface area contributed by atoms with Crippen LogP contribution >= 0.6 is 0 Å². The summed E-state index contributed by atoms with van der Waals surface area (Å²) < 4.78 is 5.94. The average Bonchev–Trinajstić information content (AvgIpc) is 2.80. The molecular formula is C27H25NO. The van der Waals surface area contributed by atoms with E-state index in [9.17, 15) is 0 Å². The van der Waals surface area contributed by atoms with Gasteiger partial charge >= 0.3 is 0 Å². The Hall–Kier alpha value is -3.52. The number of rotatable bonds is 8. The van der Waals surface area contributed by atoms with Gasteiger partial charge in [-0.25, -0.2) is 0 Å².